The maximum Gasteiger partial charge on any atom is 0.221 e. The van der Waals surface area contributed by atoms with E-state index in [9.17, 15) is 4.79 Å². The number of benzene rings is 2. The zero-order chi connectivity index (χ0) is 20.6. The lowest BCUT2D eigenvalue weighted by atomic mass is 10.2. The van der Waals surface area contributed by atoms with Crippen LogP contribution < -0.4 is 19.7 Å². The van der Waals surface area contributed by atoms with Crippen LogP contribution in [0.15, 0.2) is 42.5 Å². The van der Waals surface area contributed by atoms with Crippen LogP contribution in [-0.2, 0) is 11.3 Å². The summed E-state index contributed by atoms with van der Waals surface area (Å²) in [6.07, 6.45) is 0.512. The molecule has 6 nitrogen and oxygen atoms in total. The standard InChI is InChI=1S/C23H31N3O3/c1-18-5-4-6-20(15-18)26-13-11-25(12-14-26)10-9-23(27)24-17-19-7-8-21(28-2)22(16-19)29-3/h4-8,15-16H,9-14,17H2,1-3H3,(H,24,27). The highest BCUT2D eigenvalue weighted by Gasteiger charge is 2.18. The van der Waals surface area contributed by atoms with Crippen molar-refractivity contribution in [2.45, 2.75) is 19.9 Å². The summed E-state index contributed by atoms with van der Waals surface area (Å²) in [5.74, 6) is 1.43. The Labute approximate surface area is 173 Å². The van der Waals surface area contributed by atoms with Gasteiger partial charge in [-0.1, -0.05) is 18.2 Å². The van der Waals surface area contributed by atoms with Crippen LogP contribution in [0.5, 0.6) is 11.5 Å². The van der Waals surface area contributed by atoms with Gasteiger partial charge in [0.2, 0.25) is 5.91 Å². The van der Waals surface area contributed by atoms with Crippen LogP contribution in [0.1, 0.15) is 17.5 Å². The molecule has 0 aliphatic carbocycles. The summed E-state index contributed by atoms with van der Waals surface area (Å²) in [5, 5.41) is 3.00. The van der Waals surface area contributed by atoms with Crippen molar-refractivity contribution >= 4 is 11.6 Å². The number of amides is 1. The van der Waals surface area contributed by atoms with Crippen LogP contribution in [0.2, 0.25) is 0 Å². The number of hydrogen-bond acceptors (Lipinski definition) is 5. The number of carbonyl (C=O) groups is 1. The van der Waals surface area contributed by atoms with E-state index in [0.717, 1.165) is 38.3 Å². The number of anilines is 1. The van der Waals surface area contributed by atoms with Gasteiger partial charge in [-0.15, -0.1) is 0 Å². The largest absolute Gasteiger partial charge is 0.493 e. The van der Waals surface area contributed by atoms with Gasteiger partial charge < -0.3 is 19.7 Å². The summed E-state index contributed by atoms with van der Waals surface area (Å²) in [6, 6.07) is 14.3. The highest BCUT2D eigenvalue weighted by Crippen LogP contribution is 2.27. The highest BCUT2D eigenvalue weighted by atomic mass is 16.5. The van der Waals surface area contributed by atoms with Crippen molar-refractivity contribution in [1.82, 2.24) is 10.2 Å². The second kappa shape index (κ2) is 10.2. The minimum atomic E-state index is 0.0703. The lowest BCUT2D eigenvalue weighted by Gasteiger charge is -2.36. The van der Waals surface area contributed by atoms with Crippen molar-refractivity contribution in [3.8, 4) is 11.5 Å². The van der Waals surface area contributed by atoms with Crippen molar-refractivity contribution < 1.29 is 14.3 Å². The van der Waals surface area contributed by atoms with Crippen LogP contribution in [-0.4, -0.2) is 57.8 Å². The third-order valence-corrected chi connectivity index (χ3v) is 5.33. The highest BCUT2D eigenvalue weighted by molar-refractivity contribution is 5.76. The summed E-state index contributed by atoms with van der Waals surface area (Å²) in [6.45, 7) is 7.36. The molecule has 3 rings (SSSR count). The molecule has 0 bridgehead atoms. The van der Waals surface area contributed by atoms with Crippen LogP contribution in [0.4, 0.5) is 5.69 Å². The fraction of sp³-hybridized carbons (Fsp3) is 0.435. The van der Waals surface area contributed by atoms with E-state index in [0.29, 0.717) is 24.5 Å². The number of rotatable bonds is 8. The third-order valence-electron chi connectivity index (χ3n) is 5.33. The number of nitrogens with one attached hydrogen (secondary N) is 1. The van der Waals surface area contributed by atoms with Crippen molar-refractivity contribution in [3.05, 3.63) is 53.6 Å². The van der Waals surface area contributed by atoms with Crippen LogP contribution in [0.3, 0.4) is 0 Å². The Morgan fingerprint density at radius 3 is 2.45 bits per heavy atom. The Morgan fingerprint density at radius 1 is 1.00 bits per heavy atom. The third kappa shape index (κ3) is 5.87. The number of methoxy groups -OCH3 is 2. The van der Waals surface area contributed by atoms with Gasteiger partial charge >= 0.3 is 0 Å². The molecule has 1 aliphatic heterocycles. The molecule has 0 unspecified atom stereocenters. The first-order valence-electron chi connectivity index (χ1n) is 10.1. The molecule has 1 aliphatic rings. The average Bonchev–Trinajstić information content (AvgIpc) is 2.76. The number of nitrogens with zero attached hydrogens (tertiary/aromatic N) is 2. The zero-order valence-corrected chi connectivity index (χ0v) is 17.6. The summed E-state index contributed by atoms with van der Waals surface area (Å²) < 4.78 is 10.6. The number of piperazine rings is 1. The van der Waals surface area contributed by atoms with Crippen LogP contribution in [0, 0.1) is 6.92 Å². The molecule has 0 atom stereocenters. The van der Waals surface area contributed by atoms with Gasteiger partial charge in [-0.25, -0.2) is 0 Å². The predicted octanol–water partition coefficient (Wildman–Crippen LogP) is 2.84. The van der Waals surface area contributed by atoms with Gasteiger partial charge in [0, 0.05) is 51.4 Å². The molecular weight excluding hydrogens is 366 g/mol. The monoisotopic (exact) mass is 397 g/mol. The van der Waals surface area contributed by atoms with E-state index in [4.69, 9.17) is 9.47 Å². The van der Waals surface area contributed by atoms with E-state index in [-0.39, 0.29) is 5.91 Å². The molecule has 1 N–H and O–H groups in total. The summed E-state index contributed by atoms with van der Waals surface area (Å²) >= 11 is 0. The van der Waals surface area contributed by atoms with Gasteiger partial charge in [-0.3, -0.25) is 9.69 Å². The maximum absolute atomic E-state index is 12.3. The average molecular weight is 398 g/mol. The van der Waals surface area contributed by atoms with Gasteiger partial charge in [0.05, 0.1) is 14.2 Å². The molecule has 6 heteroatoms. The minimum Gasteiger partial charge on any atom is -0.493 e. The second-order valence-corrected chi connectivity index (χ2v) is 7.38. The van der Waals surface area contributed by atoms with Gasteiger partial charge in [0.25, 0.3) is 0 Å². The molecule has 1 fully saturated rings. The molecule has 0 spiro atoms. The minimum absolute atomic E-state index is 0.0703. The van der Waals surface area contributed by atoms with E-state index in [1.807, 2.05) is 18.2 Å². The second-order valence-electron chi connectivity index (χ2n) is 7.38. The summed E-state index contributed by atoms with van der Waals surface area (Å²) in [5.41, 5.74) is 3.57. The number of hydrogen-bond donors (Lipinski definition) is 1. The first-order valence-corrected chi connectivity index (χ1v) is 10.1. The Morgan fingerprint density at radius 2 is 1.76 bits per heavy atom. The predicted molar refractivity (Wildman–Crippen MR) is 116 cm³/mol. The molecule has 0 aromatic heterocycles. The van der Waals surface area contributed by atoms with E-state index >= 15 is 0 Å². The Kier molecular flexibility index (Phi) is 7.36. The van der Waals surface area contributed by atoms with Crippen LogP contribution in [0.25, 0.3) is 0 Å². The Bertz CT molecular complexity index is 817. The topological polar surface area (TPSA) is 54.0 Å². The van der Waals surface area contributed by atoms with Crippen LogP contribution >= 0.6 is 0 Å². The van der Waals surface area contributed by atoms with Crippen molar-refractivity contribution in [2.24, 2.45) is 0 Å². The molecule has 0 radical (unpaired) electrons. The first-order chi connectivity index (χ1) is 14.1. The summed E-state index contributed by atoms with van der Waals surface area (Å²) in [7, 11) is 3.22. The fourth-order valence-corrected chi connectivity index (χ4v) is 3.59. The molecule has 1 saturated heterocycles. The van der Waals surface area contributed by atoms with Gasteiger partial charge in [-0.2, -0.15) is 0 Å². The Balaban J connectivity index is 1.39. The molecule has 1 amide bonds. The van der Waals surface area contributed by atoms with E-state index in [1.165, 1.54) is 11.3 Å². The lowest BCUT2D eigenvalue weighted by molar-refractivity contribution is -0.121. The fourth-order valence-electron chi connectivity index (χ4n) is 3.59. The van der Waals surface area contributed by atoms with Gasteiger partial charge in [0.15, 0.2) is 11.5 Å². The quantitative estimate of drug-likeness (QED) is 0.742. The van der Waals surface area contributed by atoms with Crippen molar-refractivity contribution in [3.63, 3.8) is 0 Å². The number of ether oxygens (including phenoxy) is 2. The Hall–Kier alpha value is -2.73. The van der Waals surface area contributed by atoms with E-state index in [1.54, 1.807) is 14.2 Å². The molecule has 29 heavy (non-hydrogen) atoms. The molecule has 2 aromatic rings. The van der Waals surface area contributed by atoms with Gasteiger partial charge in [0.1, 0.15) is 0 Å². The molecular formula is C23H31N3O3. The molecule has 0 saturated carbocycles. The van der Waals surface area contributed by atoms with Crippen molar-refractivity contribution in [2.75, 3.05) is 51.8 Å². The normalized spacial score (nSPS) is 14.5. The maximum atomic E-state index is 12.3. The van der Waals surface area contributed by atoms with E-state index in [2.05, 4.69) is 46.3 Å². The smallest absolute Gasteiger partial charge is 0.221 e. The summed E-state index contributed by atoms with van der Waals surface area (Å²) in [4.78, 5) is 17.0. The van der Waals surface area contributed by atoms with E-state index < -0.39 is 0 Å². The van der Waals surface area contributed by atoms with Gasteiger partial charge in [-0.05, 0) is 42.3 Å². The first kappa shape index (κ1) is 21.0. The lowest BCUT2D eigenvalue weighted by Crippen LogP contribution is -2.47. The van der Waals surface area contributed by atoms with Crippen molar-refractivity contribution in [1.29, 1.82) is 0 Å². The molecule has 156 valence electrons. The molecule has 2 aromatic carbocycles. The number of carbonyl (C=O) groups excluding carboxylic acids is 1. The SMILES string of the molecule is COc1ccc(CNC(=O)CCN2CCN(c3cccc(C)c3)CC2)cc1OC. The zero-order valence-electron chi connectivity index (χ0n) is 17.6. The molecule has 1 heterocycles. The number of aryl methyl sites for hydroxylation is 1.